The Morgan fingerprint density at radius 2 is 2.38 bits per heavy atom. The van der Waals surface area contributed by atoms with Crippen molar-refractivity contribution in [3.63, 3.8) is 0 Å². The van der Waals surface area contributed by atoms with Gasteiger partial charge in [0.15, 0.2) is 0 Å². The van der Waals surface area contributed by atoms with Gasteiger partial charge in [0, 0.05) is 6.20 Å². The van der Waals surface area contributed by atoms with Crippen LogP contribution in [0.15, 0.2) is 24.4 Å². The molecule has 1 rings (SSSR count). The van der Waals surface area contributed by atoms with Gasteiger partial charge in [-0.1, -0.05) is 18.3 Å². The third-order valence-electron chi connectivity index (χ3n) is 0.769. The third kappa shape index (κ3) is 1.10. The Kier molecular flexibility index (Phi) is 1.70. The predicted octanol–water partition coefficient (Wildman–Crippen LogP) is 1.31. The molecule has 0 aliphatic carbocycles. The van der Waals surface area contributed by atoms with Gasteiger partial charge < -0.3 is 0 Å². The van der Waals surface area contributed by atoms with Crippen molar-refractivity contribution < 1.29 is 0 Å². The lowest BCUT2D eigenvalue weighted by Gasteiger charge is -1.82. The van der Waals surface area contributed by atoms with E-state index in [0.717, 1.165) is 5.69 Å². The van der Waals surface area contributed by atoms with Gasteiger partial charge in [-0.25, -0.2) is 0 Å². The summed E-state index contributed by atoms with van der Waals surface area (Å²) in [6.45, 7) is 0. The summed E-state index contributed by atoms with van der Waals surface area (Å²) in [7, 11) is 0. The van der Waals surface area contributed by atoms with Crippen LogP contribution in [0, 0.1) is 0 Å². The van der Waals surface area contributed by atoms with Crippen molar-refractivity contribution in [1.82, 2.24) is 4.98 Å². The van der Waals surface area contributed by atoms with E-state index in [1.54, 1.807) is 6.20 Å². The SMILES string of the molecule is S=[C]c1ccccn1. The van der Waals surface area contributed by atoms with Gasteiger partial charge in [-0.3, -0.25) is 4.98 Å². The molecule has 0 aliphatic rings. The van der Waals surface area contributed by atoms with Crippen LogP contribution >= 0.6 is 12.2 Å². The Hall–Kier alpha value is -0.760. The summed E-state index contributed by atoms with van der Waals surface area (Å²) >= 11 is 4.51. The molecule has 0 amide bonds. The highest BCUT2D eigenvalue weighted by atomic mass is 32.1. The smallest absolute Gasteiger partial charge is 0.0836 e. The van der Waals surface area contributed by atoms with E-state index >= 15 is 0 Å². The molecule has 1 heterocycles. The summed E-state index contributed by atoms with van der Waals surface area (Å²) < 4.78 is 0. The quantitative estimate of drug-likeness (QED) is 0.521. The second-order valence-corrected chi connectivity index (χ2v) is 1.52. The molecular formula is C6H4NS. The first-order valence-electron chi connectivity index (χ1n) is 2.22. The van der Waals surface area contributed by atoms with Gasteiger partial charge in [-0.05, 0) is 12.1 Å². The zero-order valence-corrected chi connectivity index (χ0v) is 4.98. The van der Waals surface area contributed by atoms with E-state index in [1.807, 2.05) is 18.2 Å². The minimum atomic E-state index is 0.725. The average Bonchev–Trinajstić information content (AvgIpc) is 1.90. The van der Waals surface area contributed by atoms with Crippen molar-refractivity contribution in [2.45, 2.75) is 0 Å². The summed E-state index contributed by atoms with van der Waals surface area (Å²) in [5.74, 6) is 0. The molecule has 0 aliphatic heterocycles. The average molecular weight is 122 g/mol. The fraction of sp³-hybridized carbons (Fsp3) is 0. The molecule has 0 aromatic carbocycles. The fourth-order valence-corrected chi connectivity index (χ4v) is 0.544. The lowest BCUT2D eigenvalue weighted by molar-refractivity contribution is 1.31. The van der Waals surface area contributed by atoms with Crippen molar-refractivity contribution in [2.75, 3.05) is 0 Å². The molecule has 0 unspecified atom stereocenters. The van der Waals surface area contributed by atoms with E-state index in [0.29, 0.717) is 0 Å². The van der Waals surface area contributed by atoms with Crippen LogP contribution in [0.25, 0.3) is 0 Å². The van der Waals surface area contributed by atoms with Gasteiger partial charge in [0.25, 0.3) is 0 Å². The number of hydrogen-bond donors (Lipinski definition) is 0. The molecule has 0 atom stereocenters. The first kappa shape index (κ1) is 5.38. The van der Waals surface area contributed by atoms with E-state index < -0.39 is 0 Å². The maximum Gasteiger partial charge on any atom is 0.0836 e. The lowest BCUT2D eigenvalue weighted by atomic mass is 10.4. The zero-order valence-electron chi connectivity index (χ0n) is 4.16. The molecule has 39 valence electrons. The van der Waals surface area contributed by atoms with Crippen molar-refractivity contribution >= 4 is 17.6 Å². The Bertz CT molecular complexity index is 171. The van der Waals surface area contributed by atoms with E-state index in [-0.39, 0.29) is 0 Å². The number of pyridine rings is 1. The topological polar surface area (TPSA) is 12.9 Å². The van der Waals surface area contributed by atoms with Crippen LogP contribution in [0.3, 0.4) is 0 Å². The largest absolute Gasteiger partial charge is 0.255 e. The van der Waals surface area contributed by atoms with Crippen LogP contribution in [0.4, 0.5) is 0 Å². The highest BCUT2D eigenvalue weighted by Crippen LogP contribution is 1.86. The molecule has 0 saturated carbocycles. The normalized spacial score (nSPS) is 8.50. The summed E-state index contributed by atoms with van der Waals surface area (Å²) in [6.07, 6.45) is 1.69. The number of hydrogen-bond acceptors (Lipinski definition) is 2. The minimum Gasteiger partial charge on any atom is -0.255 e. The summed E-state index contributed by atoms with van der Waals surface area (Å²) in [4.78, 5) is 3.88. The monoisotopic (exact) mass is 122 g/mol. The molecule has 0 saturated heterocycles. The van der Waals surface area contributed by atoms with Gasteiger partial charge >= 0.3 is 0 Å². The molecule has 0 bridgehead atoms. The zero-order chi connectivity index (χ0) is 5.82. The molecule has 0 N–H and O–H groups in total. The van der Waals surface area contributed by atoms with Gasteiger partial charge in [0.05, 0.1) is 11.1 Å². The summed E-state index contributed by atoms with van der Waals surface area (Å²) in [5.41, 5.74) is 0.725. The number of thiocarbonyl (C=S) groups is 1. The van der Waals surface area contributed by atoms with Gasteiger partial charge in [0.1, 0.15) is 0 Å². The van der Waals surface area contributed by atoms with Crippen molar-refractivity contribution in [1.29, 1.82) is 0 Å². The van der Waals surface area contributed by atoms with Crippen LogP contribution in [0.1, 0.15) is 5.69 Å². The first-order chi connectivity index (χ1) is 3.93. The molecular weight excluding hydrogens is 118 g/mol. The molecule has 0 fully saturated rings. The molecule has 0 spiro atoms. The molecule has 1 radical (unpaired) electrons. The third-order valence-corrected chi connectivity index (χ3v) is 0.979. The second-order valence-electron chi connectivity index (χ2n) is 1.32. The van der Waals surface area contributed by atoms with E-state index in [9.17, 15) is 0 Å². The van der Waals surface area contributed by atoms with Gasteiger partial charge in [-0.2, -0.15) is 0 Å². The maximum atomic E-state index is 4.51. The predicted molar refractivity (Wildman–Crippen MR) is 35.9 cm³/mol. The highest BCUT2D eigenvalue weighted by molar-refractivity contribution is 7.79. The molecule has 8 heavy (non-hydrogen) atoms. The Labute approximate surface area is 53.4 Å². The Morgan fingerprint density at radius 3 is 2.75 bits per heavy atom. The van der Waals surface area contributed by atoms with Crippen LogP contribution in [0.2, 0.25) is 0 Å². The van der Waals surface area contributed by atoms with Crippen molar-refractivity contribution in [3.05, 3.63) is 30.1 Å². The molecule has 2 heteroatoms. The lowest BCUT2D eigenvalue weighted by Crippen LogP contribution is -1.79. The number of rotatable bonds is 1. The van der Waals surface area contributed by atoms with E-state index in [1.165, 1.54) is 0 Å². The van der Waals surface area contributed by atoms with Crippen LogP contribution < -0.4 is 0 Å². The minimum absolute atomic E-state index is 0.725. The van der Waals surface area contributed by atoms with Crippen LogP contribution in [0.5, 0.6) is 0 Å². The Balaban J connectivity index is 2.99. The Morgan fingerprint density at radius 1 is 1.50 bits per heavy atom. The van der Waals surface area contributed by atoms with Crippen LogP contribution in [-0.4, -0.2) is 10.4 Å². The second kappa shape index (κ2) is 2.52. The van der Waals surface area contributed by atoms with E-state index in [2.05, 4.69) is 22.6 Å². The van der Waals surface area contributed by atoms with Crippen molar-refractivity contribution in [3.8, 4) is 0 Å². The maximum absolute atomic E-state index is 4.51. The van der Waals surface area contributed by atoms with Gasteiger partial charge in [0.2, 0.25) is 0 Å². The van der Waals surface area contributed by atoms with E-state index in [4.69, 9.17) is 0 Å². The summed E-state index contributed by atoms with van der Waals surface area (Å²) in [6, 6.07) is 5.53. The number of nitrogens with zero attached hydrogens (tertiary/aromatic N) is 1. The molecule has 1 aromatic heterocycles. The highest BCUT2D eigenvalue weighted by Gasteiger charge is 1.80. The molecule has 1 aromatic rings. The van der Waals surface area contributed by atoms with Gasteiger partial charge in [-0.15, -0.1) is 0 Å². The standard InChI is InChI=1S/C6H4NS/c8-5-6-3-1-2-4-7-6/h1-4H. The summed E-state index contributed by atoms with van der Waals surface area (Å²) in [5, 5.41) is 2.50. The molecule has 1 nitrogen and oxygen atoms in total. The van der Waals surface area contributed by atoms with Crippen LogP contribution in [-0.2, 0) is 0 Å². The number of aromatic nitrogens is 1. The fourth-order valence-electron chi connectivity index (χ4n) is 0.423. The first-order valence-corrected chi connectivity index (χ1v) is 2.63. The van der Waals surface area contributed by atoms with Crippen molar-refractivity contribution in [2.24, 2.45) is 0 Å².